The van der Waals surface area contributed by atoms with Crippen LogP contribution in [0.3, 0.4) is 0 Å². The third-order valence-electron chi connectivity index (χ3n) is 11.6. The van der Waals surface area contributed by atoms with Crippen LogP contribution in [0.4, 0.5) is 0 Å². The highest BCUT2D eigenvalue weighted by Crippen LogP contribution is 2.68. The Bertz CT molecular complexity index is 749. The molecule has 7 nitrogen and oxygen atoms in total. The number of fused-ring (bicyclic) bond motifs is 5. The Hall–Kier alpha value is -0.730. The van der Waals surface area contributed by atoms with E-state index in [1.807, 2.05) is 0 Å². The maximum atomic E-state index is 12.6. The van der Waals surface area contributed by atoms with E-state index < -0.39 is 25.4 Å². The molecular formula is C28H49NO6. The lowest BCUT2D eigenvalue weighted by molar-refractivity contribution is -0.175. The molecule has 0 aromatic rings. The predicted molar refractivity (Wildman–Crippen MR) is 133 cm³/mol. The topological polar surface area (TPSA) is 130 Å². The van der Waals surface area contributed by atoms with E-state index in [2.05, 4.69) is 26.1 Å². The molecule has 0 bridgehead atoms. The van der Waals surface area contributed by atoms with Crippen molar-refractivity contribution >= 4 is 5.91 Å². The van der Waals surface area contributed by atoms with Crippen molar-refractivity contribution < 1.29 is 30.3 Å². The van der Waals surface area contributed by atoms with Crippen LogP contribution in [0.15, 0.2) is 0 Å². The van der Waals surface area contributed by atoms with Crippen LogP contribution in [0.1, 0.15) is 85.0 Å². The van der Waals surface area contributed by atoms with Gasteiger partial charge in [0.25, 0.3) is 0 Å². The first-order valence-electron chi connectivity index (χ1n) is 14.0. The lowest BCUT2D eigenvalue weighted by Gasteiger charge is -2.62. The van der Waals surface area contributed by atoms with E-state index in [4.69, 9.17) is 0 Å². The van der Waals surface area contributed by atoms with Crippen LogP contribution in [-0.2, 0) is 4.79 Å². The Labute approximate surface area is 210 Å². The molecule has 4 fully saturated rings. The third kappa shape index (κ3) is 4.58. The third-order valence-corrected chi connectivity index (χ3v) is 11.6. The smallest absolute Gasteiger partial charge is 0.220 e. The van der Waals surface area contributed by atoms with Gasteiger partial charge >= 0.3 is 0 Å². The molecule has 7 heteroatoms. The fraction of sp³-hybridized carbons (Fsp3) is 0.964. The number of amides is 1. The van der Waals surface area contributed by atoms with Crippen molar-refractivity contribution in [1.29, 1.82) is 0 Å². The molecule has 4 saturated carbocycles. The summed E-state index contributed by atoms with van der Waals surface area (Å²) in [4.78, 5) is 12.6. The van der Waals surface area contributed by atoms with E-state index in [9.17, 15) is 30.3 Å². The number of aliphatic hydroxyl groups is 5. The summed E-state index contributed by atoms with van der Waals surface area (Å²) in [6.07, 6.45) is 8.81. The Morgan fingerprint density at radius 3 is 2.31 bits per heavy atom. The van der Waals surface area contributed by atoms with E-state index in [0.717, 1.165) is 38.5 Å². The maximum Gasteiger partial charge on any atom is 0.220 e. The second-order valence-electron chi connectivity index (χ2n) is 13.2. The molecule has 0 saturated heterocycles. The van der Waals surface area contributed by atoms with Gasteiger partial charge in [-0.25, -0.2) is 0 Å². The normalized spacial score (nSPS) is 44.2. The van der Waals surface area contributed by atoms with E-state index in [1.165, 1.54) is 12.8 Å². The van der Waals surface area contributed by atoms with Crippen molar-refractivity contribution in [3.8, 4) is 0 Å². The Kier molecular flexibility index (Phi) is 7.96. The minimum absolute atomic E-state index is 0.139. The second-order valence-corrected chi connectivity index (χ2v) is 13.2. The number of carbonyl (C=O) groups excluding carboxylic acids is 1. The van der Waals surface area contributed by atoms with Gasteiger partial charge in [-0.2, -0.15) is 0 Å². The fourth-order valence-electron chi connectivity index (χ4n) is 9.35. The summed E-state index contributed by atoms with van der Waals surface area (Å²) in [5.74, 6) is 2.60. The van der Waals surface area contributed by atoms with Crippen LogP contribution < -0.4 is 5.32 Å². The van der Waals surface area contributed by atoms with Gasteiger partial charge in [0, 0.05) is 6.42 Å². The molecule has 202 valence electrons. The van der Waals surface area contributed by atoms with Crippen LogP contribution >= 0.6 is 0 Å². The van der Waals surface area contributed by atoms with Gasteiger partial charge in [0.2, 0.25) is 5.91 Å². The zero-order valence-corrected chi connectivity index (χ0v) is 22.0. The van der Waals surface area contributed by atoms with Gasteiger partial charge in [-0.3, -0.25) is 4.79 Å². The highest BCUT2D eigenvalue weighted by Gasteiger charge is 2.63. The van der Waals surface area contributed by atoms with Gasteiger partial charge in [-0.1, -0.05) is 20.8 Å². The molecule has 35 heavy (non-hydrogen) atoms. The fourth-order valence-corrected chi connectivity index (χ4v) is 9.35. The first-order chi connectivity index (χ1) is 16.5. The molecule has 10 atom stereocenters. The highest BCUT2D eigenvalue weighted by atomic mass is 16.3. The van der Waals surface area contributed by atoms with Gasteiger partial charge in [-0.15, -0.1) is 0 Å². The molecular weight excluding hydrogens is 446 g/mol. The summed E-state index contributed by atoms with van der Waals surface area (Å²) in [5.41, 5.74) is -1.30. The van der Waals surface area contributed by atoms with E-state index >= 15 is 0 Å². The summed E-state index contributed by atoms with van der Waals surface area (Å²) in [6.45, 7) is 5.39. The van der Waals surface area contributed by atoms with Gasteiger partial charge in [0.05, 0.1) is 32.0 Å². The zero-order valence-electron chi connectivity index (χ0n) is 22.0. The first kappa shape index (κ1) is 27.3. The van der Waals surface area contributed by atoms with Crippen LogP contribution in [0, 0.1) is 46.3 Å². The van der Waals surface area contributed by atoms with E-state index in [1.54, 1.807) is 0 Å². The molecule has 0 heterocycles. The number of hydrogen-bond acceptors (Lipinski definition) is 6. The Balaban J connectivity index is 1.43. The standard InChI is InChI=1S/C28H49NO6/c1-17(4-9-25(35)29-28(14-30,15-31)16-32)21-7-8-22-20-6-5-18-12-19(33)10-11-26(18,2)23(20)13-24(34)27(21,22)3/h17-24,30-34H,4-16H2,1-3H3,(H,29,35)/t17-,18-,19-,20+,21-,22+,23+,24+,26+,27-/m1/s1. The monoisotopic (exact) mass is 495 g/mol. The van der Waals surface area contributed by atoms with Gasteiger partial charge in [0.15, 0.2) is 0 Å². The zero-order chi connectivity index (χ0) is 25.6. The number of nitrogens with one attached hydrogen (secondary N) is 1. The number of carbonyl (C=O) groups is 1. The van der Waals surface area contributed by atoms with Crippen molar-refractivity contribution in [2.45, 2.75) is 103 Å². The minimum atomic E-state index is -1.39. The summed E-state index contributed by atoms with van der Waals surface area (Å²) in [6, 6.07) is 0. The van der Waals surface area contributed by atoms with Crippen molar-refractivity contribution in [1.82, 2.24) is 5.32 Å². The molecule has 6 N–H and O–H groups in total. The summed E-state index contributed by atoms with van der Waals surface area (Å²) in [5, 5.41) is 53.0. The van der Waals surface area contributed by atoms with Crippen molar-refractivity contribution in [3.05, 3.63) is 0 Å². The summed E-state index contributed by atoms with van der Waals surface area (Å²) in [7, 11) is 0. The Morgan fingerprint density at radius 1 is 0.971 bits per heavy atom. The van der Waals surface area contributed by atoms with Crippen LogP contribution in [0.5, 0.6) is 0 Å². The lowest BCUT2D eigenvalue weighted by Crippen LogP contribution is -2.59. The molecule has 0 aromatic heterocycles. The summed E-state index contributed by atoms with van der Waals surface area (Å²) < 4.78 is 0. The molecule has 0 spiro atoms. The van der Waals surface area contributed by atoms with Crippen molar-refractivity contribution in [2.24, 2.45) is 46.3 Å². The van der Waals surface area contributed by atoms with E-state index in [-0.39, 0.29) is 41.3 Å². The number of hydrogen-bond donors (Lipinski definition) is 6. The lowest BCUT2D eigenvalue weighted by atomic mass is 9.43. The predicted octanol–water partition coefficient (Wildman–Crippen LogP) is 2.23. The van der Waals surface area contributed by atoms with Crippen LogP contribution in [0.2, 0.25) is 0 Å². The molecule has 4 aliphatic rings. The quantitative estimate of drug-likeness (QED) is 0.306. The summed E-state index contributed by atoms with van der Waals surface area (Å²) >= 11 is 0. The molecule has 0 unspecified atom stereocenters. The van der Waals surface area contributed by atoms with Gasteiger partial charge in [0.1, 0.15) is 5.54 Å². The SMILES string of the molecule is C[C@H](CCC(=O)NC(CO)(CO)CO)[C@H]1CC[C@H]2[C@@H]3CC[C@@H]4C[C@H](O)CC[C@]4(C)[C@H]3C[C@H](O)[C@]12C. The first-order valence-corrected chi connectivity index (χ1v) is 14.0. The maximum absolute atomic E-state index is 12.6. The minimum Gasteiger partial charge on any atom is -0.394 e. The molecule has 0 radical (unpaired) electrons. The largest absolute Gasteiger partial charge is 0.394 e. The second kappa shape index (κ2) is 10.2. The van der Waals surface area contributed by atoms with E-state index in [0.29, 0.717) is 36.0 Å². The van der Waals surface area contributed by atoms with Crippen molar-refractivity contribution in [2.75, 3.05) is 19.8 Å². The van der Waals surface area contributed by atoms with Crippen LogP contribution in [-0.4, -0.2) is 69.0 Å². The average Bonchev–Trinajstić information content (AvgIpc) is 3.21. The van der Waals surface area contributed by atoms with Gasteiger partial charge < -0.3 is 30.8 Å². The molecule has 1 amide bonds. The molecule has 0 aromatic carbocycles. The molecule has 0 aliphatic heterocycles. The average molecular weight is 496 g/mol. The number of rotatable bonds is 8. The van der Waals surface area contributed by atoms with Crippen molar-refractivity contribution in [3.63, 3.8) is 0 Å². The highest BCUT2D eigenvalue weighted by molar-refractivity contribution is 5.76. The molecule has 4 aliphatic carbocycles. The molecule has 4 rings (SSSR count). The van der Waals surface area contributed by atoms with Gasteiger partial charge in [-0.05, 0) is 104 Å². The Morgan fingerprint density at radius 2 is 1.66 bits per heavy atom. The number of aliphatic hydroxyl groups excluding tert-OH is 5. The van der Waals surface area contributed by atoms with Crippen LogP contribution in [0.25, 0.3) is 0 Å².